The molecule has 0 radical (unpaired) electrons. The SMILES string of the molecule is CC1OCCCN1C(=O)CCc1ccc(C(C)(C)C)cc1. The zero-order valence-electron chi connectivity index (χ0n) is 13.7. The Morgan fingerprint density at radius 3 is 2.52 bits per heavy atom. The standard InChI is InChI=1S/C18H27NO2/c1-14-19(12-5-13-21-14)17(20)11-8-15-6-9-16(10-7-15)18(2,3)4/h6-7,9-10,14H,5,8,11-13H2,1-4H3. The summed E-state index contributed by atoms with van der Waals surface area (Å²) >= 11 is 0. The number of nitrogens with zero attached hydrogens (tertiary/aromatic N) is 1. The van der Waals surface area contributed by atoms with E-state index < -0.39 is 0 Å². The fourth-order valence-electron chi connectivity index (χ4n) is 2.65. The van der Waals surface area contributed by atoms with E-state index in [2.05, 4.69) is 45.0 Å². The maximum atomic E-state index is 12.3. The van der Waals surface area contributed by atoms with Crippen LogP contribution in [0.2, 0.25) is 0 Å². The van der Waals surface area contributed by atoms with Gasteiger partial charge < -0.3 is 9.64 Å². The van der Waals surface area contributed by atoms with Gasteiger partial charge in [0.15, 0.2) is 0 Å². The highest BCUT2D eigenvalue weighted by molar-refractivity contribution is 5.76. The molecule has 21 heavy (non-hydrogen) atoms. The average Bonchev–Trinajstić information content (AvgIpc) is 2.45. The molecule has 1 amide bonds. The molecule has 0 aliphatic carbocycles. The molecular formula is C18H27NO2. The minimum Gasteiger partial charge on any atom is -0.359 e. The summed E-state index contributed by atoms with van der Waals surface area (Å²) in [5.74, 6) is 0.196. The summed E-state index contributed by atoms with van der Waals surface area (Å²) in [6.07, 6.45) is 2.22. The number of rotatable bonds is 3. The molecule has 3 heteroatoms. The van der Waals surface area contributed by atoms with Crippen molar-refractivity contribution in [1.82, 2.24) is 4.90 Å². The zero-order chi connectivity index (χ0) is 15.5. The van der Waals surface area contributed by atoms with E-state index in [1.165, 1.54) is 11.1 Å². The minimum atomic E-state index is -0.0745. The van der Waals surface area contributed by atoms with Crippen LogP contribution in [0.4, 0.5) is 0 Å². The topological polar surface area (TPSA) is 29.5 Å². The molecule has 0 aromatic heterocycles. The van der Waals surface area contributed by atoms with Gasteiger partial charge in [0.2, 0.25) is 5.91 Å². The normalized spacial score (nSPS) is 19.6. The van der Waals surface area contributed by atoms with E-state index in [4.69, 9.17) is 4.74 Å². The van der Waals surface area contributed by atoms with Crippen LogP contribution in [-0.2, 0) is 21.4 Å². The highest BCUT2D eigenvalue weighted by Crippen LogP contribution is 2.22. The molecular weight excluding hydrogens is 262 g/mol. The summed E-state index contributed by atoms with van der Waals surface area (Å²) < 4.78 is 5.52. The lowest BCUT2D eigenvalue weighted by atomic mass is 9.86. The second-order valence-corrected chi connectivity index (χ2v) is 6.86. The van der Waals surface area contributed by atoms with Crippen LogP contribution in [0.15, 0.2) is 24.3 Å². The van der Waals surface area contributed by atoms with E-state index in [1.807, 2.05) is 11.8 Å². The highest BCUT2D eigenvalue weighted by Gasteiger charge is 2.23. The van der Waals surface area contributed by atoms with Crippen LogP contribution in [0.25, 0.3) is 0 Å². The summed E-state index contributed by atoms with van der Waals surface area (Å²) in [5.41, 5.74) is 2.73. The van der Waals surface area contributed by atoms with Crippen LogP contribution in [0.3, 0.4) is 0 Å². The number of ether oxygens (including phenoxy) is 1. The third-order valence-corrected chi connectivity index (χ3v) is 4.11. The van der Waals surface area contributed by atoms with Crippen LogP contribution in [0.5, 0.6) is 0 Å². The van der Waals surface area contributed by atoms with Crippen molar-refractivity contribution < 1.29 is 9.53 Å². The van der Waals surface area contributed by atoms with Gasteiger partial charge >= 0.3 is 0 Å². The number of amides is 1. The Hall–Kier alpha value is -1.35. The van der Waals surface area contributed by atoms with Gasteiger partial charge in [-0.05, 0) is 36.3 Å². The van der Waals surface area contributed by atoms with E-state index in [-0.39, 0.29) is 17.6 Å². The van der Waals surface area contributed by atoms with Crippen molar-refractivity contribution in [3.8, 4) is 0 Å². The summed E-state index contributed by atoms with van der Waals surface area (Å²) in [7, 11) is 0. The number of carbonyl (C=O) groups is 1. The minimum absolute atomic E-state index is 0.0745. The Morgan fingerprint density at radius 1 is 1.29 bits per heavy atom. The molecule has 3 nitrogen and oxygen atoms in total. The molecule has 0 bridgehead atoms. The van der Waals surface area contributed by atoms with E-state index in [1.54, 1.807) is 0 Å². The van der Waals surface area contributed by atoms with Crippen molar-refractivity contribution in [3.63, 3.8) is 0 Å². The number of benzene rings is 1. The molecule has 1 fully saturated rings. The van der Waals surface area contributed by atoms with Gasteiger partial charge in [-0.2, -0.15) is 0 Å². The lowest BCUT2D eigenvalue weighted by Gasteiger charge is -2.33. The molecule has 1 saturated heterocycles. The predicted molar refractivity (Wildman–Crippen MR) is 85.2 cm³/mol. The average molecular weight is 289 g/mol. The van der Waals surface area contributed by atoms with Gasteiger partial charge in [-0.15, -0.1) is 0 Å². The summed E-state index contributed by atoms with van der Waals surface area (Å²) in [6, 6.07) is 8.63. The number of hydrogen-bond acceptors (Lipinski definition) is 2. The van der Waals surface area contributed by atoms with Gasteiger partial charge in [0, 0.05) is 13.0 Å². The van der Waals surface area contributed by atoms with E-state index in [0.717, 1.165) is 26.0 Å². The third kappa shape index (κ3) is 4.31. The maximum Gasteiger partial charge on any atom is 0.224 e. The van der Waals surface area contributed by atoms with Crippen LogP contribution in [-0.4, -0.2) is 30.2 Å². The molecule has 1 aliphatic rings. The first-order valence-corrected chi connectivity index (χ1v) is 7.88. The van der Waals surface area contributed by atoms with Crippen LogP contribution >= 0.6 is 0 Å². The van der Waals surface area contributed by atoms with Crippen molar-refractivity contribution in [1.29, 1.82) is 0 Å². The Labute approximate surface area is 128 Å². The van der Waals surface area contributed by atoms with Crippen molar-refractivity contribution in [2.75, 3.05) is 13.2 Å². The maximum absolute atomic E-state index is 12.3. The van der Waals surface area contributed by atoms with Gasteiger partial charge in [-0.1, -0.05) is 45.0 Å². The van der Waals surface area contributed by atoms with Gasteiger partial charge in [0.05, 0.1) is 6.61 Å². The zero-order valence-corrected chi connectivity index (χ0v) is 13.7. The largest absolute Gasteiger partial charge is 0.359 e. The fraction of sp³-hybridized carbons (Fsp3) is 0.611. The van der Waals surface area contributed by atoms with Crippen LogP contribution < -0.4 is 0 Å². The molecule has 1 atom stereocenters. The summed E-state index contributed by atoms with van der Waals surface area (Å²) in [6.45, 7) is 10.2. The number of carbonyl (C=O) groups excluding carboxylic acids is 1. The third-order valence-electron chi connectivity index (χ3n) is 4.11. The van der Waals surface area contributed by atoms with Gasteiger partial charge in [-0.25, -0.2) is 0 Å². The van der Waals surface area contributed by atoms with Crippen LogP contribution in [0.1, 0.15) is 51.7 Å². The first-order valence-electron chi connectivity index (χ1n) is 7.88. The summed E-state index contributed by atoms with van der Waals surface area (Å²) in [5, 5.41) is 0. The Balaban J connectivity index is 1.89. The first kappa shape index (κ1) is 16.0. The van der Waals surface area contributed by atoms with Crippen molar-refractivity contribution in [2.24, 2.45) is 0 Å². The lowest BCUT2D eigenvalue weighted by Crippen LogP contribution is -2.44. The predicted octanol–water partition coefficient (Wildman–Crippen LogP) is 3.51. The molecule has 1 heterocycles. The smallest absolute Gasteiger partial charge is 0.224 e. The fourth-order valence-corrected chi connectivity index (χ4v) is 2.65. The van der Waals surface area contributed by atoms with Crippen LogP contribution in [0, 0.1) is 0 Å². The van der Waals surface area contributed by atoms with E-state index in [9.17, 15) is 4.79 Å². The molecule has 1 aromatic carbocycles. The van der Waals surface area contributed by atoms with E-state index >= 15 is 0 Å². The molecule has 2 rings (SSSR count). The van der Waals surface area contributed by atoms with Gasteiger partial charge in [0.25, 0.3) is 0 Å². The lowest BCUT2D eigenvalue weighted by molar-refractivity contribution is -0.151. The molecule has 0 spiro atoms. The van der Waals surface area contributed by atoms with Gasteiger partial charge in [0.1, 0.15) is 6.23 Å². The number of aryl methyl sites for hydroxylation is 1. The highest BCUT2D eigenvalue weighted by atomic mass is 16.5. The molecule has 1 aromatic rings. The quantitative estimate of drug-likeness (QED) is 0.852. The molecule has 116 valence electrons. The van der Waals surface area contributed by atoms with Crippen molar-refractivity contribution >= 4 is 5.91 Å². The second kappa shape index (κ2) is 6.61. The molecule has 0 N–H and O–H groups in total. The Morgan fingerprint density at radius 2 is 1.95 bits per heavy atom. The summed E-state index contributed by atoms with van der Waals surface area (Å²) in [4.78, 5) is 14.1. The first-order chi connectivity index (χ1) is 9.88. The molecule has 1 unspecified atom stereocenters. The van der Waals surface area contributed by atoms with E-state index in [0.29, 0.717) is 6.42 Å². The van der Waals surface area contributed by atoms with Crippen molar-refractivity contribution in [3.05, 3.63) is 35.4 Å². The second-order valence-electron chi connectivity index (χ2n) is 6.86. The van der Waals surface area contributed by atoms with Crippen molar-refractivity contribution in [2.45, 2.75) is 58.6 Å². The van der Waals surface area contributed by atoms with Gasteiger partial charge in [-0.3, -0.25) is 4.79 Å². The monoisotopic (exact) mass is 289 g/mol. The Bertz CT molecular complexity index is 473. The molecule has 1 aliphatic heterocycles. The number of hydrogen-bond donors (Lipinski definition) is 0. The Kier molecular flexibility index (Phi) is 5.04. The molecule has 0 saturated carbocycles.